The summed E-state index contributed by atoms with van der Waals surface area (Å²) in [5, 5.41) is 5.38. The Kier molecular flexibility index (Phi) is 7.08. The molecule has 15 heteroatoms. The number of ether oxygens (including phenoxy) is 1. The number of nitrogens with one attached hydrogen (secondary N) is 1. The van der Waals surface area contributed by atoms with Gasteiger partial charge in [0.1, 0.15) is 23.5 Å². The highest BCUT2D eigenvalue weighted by Gasteiger charge is 2.37. The smallest absolute Gasteiger partial charge is 0.434 e. The molecule has 5 rings (SSSR count). The Morgan fingerprint density at radius 2 is 1.88 bits per heavy atom. The van der Waals surface area contributed by atoms with Crippen LogP contribution in [0.1, 0.15) is 17.9 Å². The number of halogens is 6. The first-order chi connectivity index (χ1) is 18.8. The molecule has 0 saturated carbocycles. The summed E-state index contributed by atoms with van der Waals surface area (Å²) in [5.41, 5.74) is -1.19. The van der Waals surface area contributed by atoms with Crippen molar-refractivity contribution in [2.75, 3.05) is 10.8 Å². The summed E-state index contributed by atoms with van der Waals surface area (Å²) >= 11 is 6.04. The fourth-order valence-electron chi connectivity index (χ4n) is 4.24. The predicted octanol–water partition coefficient (Wildman–Crippen LogP) is 5.57. The molecule has 2 heterocycles. The average Bonchev–Trinajstić information content (AvgIpc) is 3.33. The quantitative estimate of drug-likeness (QED) is 0.229. The van der Waals surface area contributed by atoms with Crippen LogP contribution in [0.15, 0.2) is 68.7 Å². The van der Waals surface area contributed by atoms with E-state index in [9.17, 15) is 35.2 Å². The van der Waals surface area contributed by atoms with Crippen molar-refractivity contribution in [1.29, 1.82) is 0 Å². The number of anilines is 1. The minimum Gasteiger partial charge on any atom is -0.486 e. The number of nitrogens with zero attached hydrogens (tertiary/aromatic N) is 2. The topological polar surface area (TPSA) is 106 Å². The van der Waals surface area contributed by atoms with Crippen LogP contribution in [0, 0.1) is 11.6 Å². The SMILES string of the molecule is O=c1[nH]nc(CC[C@H]2CN(S(=O)(=O)c3cccc(C(F)(F)F)c3)c3cc(-c4cc(F)cc(F)c4Cl)ccc3O2)o1. The lowest BCUT2D eigenvalue weighted by atomic mass is 10.0. The van der Waals surface area contributed by atoms with E-state index in [4.69, 9.17) is 20.8 Å². The molecule has 0 spiro atoms. The number of fused-ring (bicyclic) bond motifs is 1. The lowest BCUT2D eigenvalue weighted by Crippen LogP contribution is -2.43. The van der Waals surface area contributed by atoms with Crippen molar-refractivity contribution in [2.24, 2.45) is 0 Å². The highest BCUT2D eigenvalue weighted by molar-refractivity contribution is 7.92. The highest BCUT2D eigenvalue weighted by Crippen LogP contribution is 2.42. The Balaban J connectivity index is 1.59. The minimum absolute atomic E-state index is 0.0343. The number of rotatable bonds is 6. The van der Waals surface area contributed by atoms with Gasteiger partial charge in [-0.3, -0.25) is 4.31 Å². The zero-order chi connectivity index (χ0) is 28.8. The van der Waals surface area contributed by atoms with Gasteiger partial charge in [-0.1, -0.05) is 23.7 Å². The van der Waals surface area contributed by atoms with Crippen LogP contribution in [0.25, 0.3) is 11.1 Å². The Labute approximate surface area is 228 Å². The van der Waals surface area contributed by atoms with Gasteiger partial charge in [-0.2, -0.15) is 13.2 Å². The second-order valence-electron chi connectivity index (χ2n) is 8.78. The summed E-state index contributed by atoms with van der Waals surface area (Å²) in [6.07, 6.45) is -5.44. The normalized spacial score (nSPS) is 15.6. The number of aromatic nitrogens is 2. The number of sulfonamides is 1. The molecule has 40 heavy (non-hydrogen) atoms. The lowest BCUT2D eigenvalue weighted by Gasteiger charge is -2.36. The largest absolute Gasteiger partial charge is 0.486 e. The Morgan fingerprint density at radius 1 is 1.10 bits per heavy atom. The molecule has 3 aromatic carbocycles. The van der Waals surface area contributed by atoms with Gasteiger partial charge in [0.2, 0.25) is 5.89 Å². The zero-order valence-corrected chi connectivity index (χ0v) is 21.6. The van der Waals surface area contributed by atoms with E-state index < -0.39 is 55.2 Å². The lowest BCUT2D eigenvalue weighted by molar-refractivity contribution is -0.137. The van der Waals surface area contributed by atoms with E-state index in [1.165, 1.54) is 18.2 Å². The maximum atomic E-state index is 14.1. The van der Waals surface area contributed by atoms with Crippen molar-refractivity contribution in [2.45, 2.75) is 30.0 Å². The Morgan fingerprint density at radius 3 is 2.58 bits per heavy atom. The van der Waals surface area contributed by atoms with Crippen molar-refractivity contribution in [3.63, 3.8) is 0 Å². The molecule has 1 aliphatic rings. The first-order valence-electron chi connectivity index (χ1n) is 11.5. The van der Waals surface area contributed by atoms with Crippen molar-refractivity contribution in [3.8, 4) is 16.9 Å². The van der Waals surface area contributed by atoms with Gasteiger partial charge in [0, 0.05) is 18.1 Å². The molecule has 0 radical (unpaired) electrons. The molecule has 0 unspecified atom stereocenters. The summed E-state index contributed by atoms with van der Waals surface area (Å²) in [6, 6.07) is 8.83. The summed E-state index contributed by atoms with van der Waals surface area (Å²) < 4.78 is 107. The average molecular weight is 602 g/mol. The van der Waals surface area contributed by atoms with Gasteiger partial charge in [0.05, 0.1) is 27.7 Å². The number of aryl methyl sites for hydroxylation is 1. The first-order valence-corrected chi connectivity index (χ1v) is 13.3. The molecule has 0 aliphatic carbocycles. The number of aromatic amines is 1. The highest BCUT2D eigenvalue weighted by atomic mass is 35.5. The van der Waals surface area contributed by atoms with Crippen LogP contribution in [0.5, 0.6) is 5.75 Å². The van der Waals surface area contributed by atoms with Gasteiger partial charge in [-0.15, -0.1) is 5.10 Å². The minimum atomic E-state index is -4.80. The summed E-state index contributed by atoms with van der Waals surface area (Å²) in [5.74, 6) is -2.66. The molecule has 0 bridgehead atoms. The third-order valence-corrected chi connectivity index (χ3v) is 8.27. The van der Waals surface area contributed by atoms with E-state index >= 15 is 0 Å². The molecule has 0 saturated heterocycles. The fraction of sp³-hybridized carbons (Fsp3) is 0.200. The van der Waals surface area contributed by atoms with Crippen LogP contribution in [0.3, 0.4) is 0 Å². The van der Waals surface area contributed by atoms with Crippen molar-refractivity contribution < 1.29 is 39.5 Å². The molecular weight excluding hydrogens is 585 g/mol. The van der Waals surface area contributed by atoms with Gasteiger partial charge >= 0.3 is 11.9 Å². The van der Waals surface area contributed by atoms with Crippen LogP contribution in [-0.4, -0.2) is 31.3 Å². The molecule has 0 amide bonds. The second-order valence-corrected chi connectivity index (χ2v) is 11.0. The van der Waals surface area contributed by atoms with E-state index in [2.05, 4.69) is 10.2 Å². The van der Waals surface area contributed by atoms with Gasteiger partial charge in [0.15, 0.2) is 0 Å². The van der Waals surface area contributed by atoms with E-state index in [0.29, 0.717) is 12.1 Å². The Bertz CT molecular complexity index is 1760. The number of alkyl halides is 3. The van der Waals surface area contributed by atoms with E-state index in [-0.39, 0.29) is 47.8 Å². The maximum absolute atomic E-state index is 14.1. The number of hydrogen-bond donors (Lipinski definition) is 1. The molecule has 0 fully saturated rings. The van der Waals surface area contributed by atoms with Gasteiger partial charge < -0.3 is 9.15 Å². The van der Waals surface area contributed by atoms with Crippen molar-refractivity contribution >= 4 is 27.3 Å². The van der Waals surface area contributed by atoms with Crippen LogP contribution in [0.2, 0.25) is 5.02 Å². The van der Waals surface area contributed by atoms with E-state index in [1.54, 1.807) is 0 Å². The van der Waals surface area contributed by atoms with Crippen LogP contribution >= 0.6 is 11.6 Å². The molecule has 210 valence electrons. The summed E-state index contributed by atoms with van der Waals surface area (Å²) in [6.45, 7) is -0.352. The molecule has 8 nitrogen and oxygen atoms in total. The third kappa shape index (κ3) is 5.41. The van der Waals surface area contributed by atoms with Crippen LogP contribution in [0.4, 0.5) is 27.6 Å². The summed E-state index contributed by atoms with van der Waals surface area (Å²) in [7, 11) is -4.62. The van der Waals surface area contributed by atoms with Crippen LogP contribution < -0.4 is 14.8 Å². The fourth-order valence-corrected chi connectivity index (χ4v) is 6.00. The van der Waals surface area contributed by atoms with E-state index in [0.717, 1.165) is 28.6 Å². The molecular formula is C25H17ClF5N3O5S. The van der Waals surface area contributed by atoms with Crippen molar-refractivity contribution in [1.82, 2.24) is 10.2 Å². The number of benzene rings is 3. The standard InChI is InChI=1S/C25H17ClF5N3O5S/c26-23-18(10-15(27)11-19(23)28)13-4-6-21-20(8-13)34(12-16(38-21)5-7-22-32-33-24(35)39-22)40(36,37)17-3-1-2-14(9-17)25(29,30)31/h1-4,6,8-11,16H,5,7,12H2,(H,33,35)/t16-/m0/s1. The molecule has 1 atom stereocenters. The maximum Gasteiger partial charge on any atom is 0.434 e. The Hall–Kier alpha value is -3.91. The molecule has 4 aromatic rings. The summed E-state index contributed by atoms with van der Waals surface area (Å²) in [4.78, 5) is 10.6. The van der Waals surface area contributed by atoms with E-state index in [1.807, 2.05) is 0 Å². The van der Waals surface area contributed by atoms with Gasteiger partial charge in [-0.25, -0.2) is 27.1 Å². The first kappa shape index (κ1) is 27.6. The molecule has 1 aliphatic heterocycles. The van der Waals surface area contributed by atoms with Gasteiger partial charge in [-0.05, 0) is 48.4 Å². The molecule has 1 N–H and O–H groups in total. The number of H-pyrrole nitrogens is 1. The molecule has 1 aromatic heterocycles. The van der Waals surface area contributed by atoms with Crippen LogP contribution in [-0.2, 0) is 22.6 Å². The van der Waals surface area contributed by atoms with Crippen molar-refractivity contribution in [3.05, 3.63) is 93.3 Å². The third-order valence-electron chi connectivity index (χ3n) is 6.11. The van der Waals surface area contributed by atoms with Gasteiger partial charge in [0.25, 0.3) is 10.0 Å². The zero-order valence-electron chi connectivity index (χ0n) is 20.0. The second kappa shape index (κ2) is 10.2. The number of hydrogen-bond acceptors (Lipinski definition) is 6. The monoisotopic (exact) mass is 601 g/mol. The predicted molar refractivity (Wildman–Crippen MR) is 133 cm³/mol.